The predicted octanol–water partition coefficient (Wildman–Crippen LogP) is 2.03. The highest BCUT2D eigenvalue weighted by Crippen LogP contribution is 2.16. The third-order valence-corrected chi connectivity index (χ3v) is 4.71. The van der Waals surface area contributed by atoms with Gasteiger partial charge in [-0.25, -0.2) is 0 Å². The Morgan fingerprint density at radius 2 is 1.83 bits per heavy atom. The van der Waals surface area contributed by atoms with Crippen molar-refractivity contribution in [2.24, 2.45) is 0 Å². The molecule has 1 saturated heterocycles. The minimum absolute atomic E-state index is 0.357. The number of likely N-dealkylation sites (tertiary alicyclic amines) is 1. The zero-order valence-corrected chi connectivity index (χ0v) is 15.0. The summed E-state index contributed by atoms with van der Waals surface area (Å²) in [6, 6.07) is 8.46. The van der Waals surface area contributed by atoms with Crippen LogP contribution in [0.5, 0.6) is 0 Å². The molecule has 1 fully saturated rings. The first kappa shape index (κ1) is 18.5. The van der Waals surface area contributed by atoms with E-state index in [2.05, 4.69) is 48.4 Å². The van der Waals surface area contributed by atoms with Crippen molar-refractivity contribution in [2.45, 2.75) is 52.1 Å². The normalized spacial score (nSPS) is 17.9. The van der Waals surface area contributed by atoms with E-state index in [4.69, 9.17) is 0 Å². The number of nitrogens with one attached hydrogen (secondary N) is 2. The summed E-state index contributed by atoms with van der Waals surface area (Å²) in [6.07, 6.45) is 2.24. The first-order valence-electron chi connectivity index (χ1n) is 8.90. The highest BCUT2D eigenvalue weighted by molar-refractivity contribution is 6.35. The van der Waals surface area contributed by atoms with Crippen LogP contribution in [0.1, 0.15) is 50.7 Å². The fraction of sp³-hybridized carbons (Fsp3) is 0.579. The van der Waals surface area contributed by atoms with Crippen LogP contribution in [0.15, 0.2) is 24.3 Å². The molecule has 24 heavy (non-hydrogen) atoms. The molecule has 2 N–H and O–H groups in total. The van der Waals surface area contributed by atoms with Crippen molar-refractivity contribution in [3.63, 3.8) is 0 Å². The van der Waals surface area contributed by atoms with E-state index in [1.807, 2.05) is 12.1 Å². The van der Waals surface area contributed by atoms with Gasteiger partial charge in [-0.15, -0.1) is 0 Å². The maximum Gasteiger partial charge on any atom is 0.309 e. The van der Waals surface area contributed by atoms with Gasteiger partial charge in [-0.2, -0.15) is 0 Å². The van der Waals surface area contributed by atoms with Crippen LogP contribution in [0.3, 0.4) is 0 Å². The monoisotopic (exact) mass is 331 g/mol. The maximum atomic E-state index is 11.9. The largest absolute Gasteiger partial charge is 0.346 e. The van der Waals surface area contributed by atoms with Crippen molar-refractivity contribution in [1.82, 2.24) is 15.5 Å². The van der Waals surface area contributed by atoms with E-state index < -0.39 is 11.8 Å². The summed E-state index contributed by atoms with van der Waals surface area (Å²) in [7, 11) is 0. The van der Waals surface area contributed by atoms with Gasteiger partial charge in [-0.1, -0.05) is 45.0 Å². The molecule has 0 aromatic heterocycles. The molecule has 1 aliphatic heterocycles. The SMILES string of the molecule is CCN1CCC[C@@H]1CNC(=O)C(=O)NCc1ccc(C(C)C)cc1. The lowest BCUT2D eigenvalue weighted by Crippen LogP contribution is -2.45. The molecule has 0 aliphatic carbocycles. The van der Waals surface area contributed by atoms with E-state index in [-0.39, 0.29) is 0 Å². The second kappa shape index (κ2) is 8.83. The van der Waals surface area contributed by atoms with Gasteiger partial charge in [-0.3, -0.25) is 14.5 Å². The van der Waals surface area contributed by atoms with Crippen LogP contribution in [0.4, 0.5) is 0 Å². The van der Waals surface area contributed by atoms with Gasteiger partial charge in [0.1, 0.15) is 0 Å². The van der Waals surface area contributed by atoms with Crippen molar-refractivity contribution < 1.29 is 9.59 Å². The first-order valence-corrected chi connectivity index (χ1v) is 8.90. The Balaban J connectivity index is 1.74. The molecule has 0 spiro atoms. The zero-order valence-electron chi connectivity index (χ0n) is 15.0. The van der Waals surface area contributed by atoms with E-state index in [9.17, 15) is 9.59 Å². The van der Waals surface area contributed by atoms with Crippen molar-refractivity contribution >= 4 is 11.8 Å². The number of carbonyl (C=O) groups excluding carboxylic acids is 2. The molecule has 132 valence electrons. The molecule has 1 heterocycles. The molecule has 0 radical (unpaired) electrons. The van der Waals surface area contributed by atoms with Gasteiger partial charge in [0.25, 0.3) is 0 Å². The Labute approximate surface area is 144 Å². The molecular weight excluding hydrogens is 302 g/mol. The van der Waals surface area contributed by atoms with Gasteiger partial charge >= 0.3 is 11.8 Å². The lowest BCUT2D eigenvalue weighted by atomic mass is 10.0. The van der Waals surface area contributed by atoms with Gasteiger partial charge in [0.05, 0.1) is 0 Å². The standard InChI is InChI=1S/C19H29N3O2/c1-4-22-11-5-6-17(22)13-21-19(24)18(23)20-12-15-7-9-16(10-8-15)14(2)3/h7-10,14,17H,4-6,11-13H2,1-3H3,(H,20,23)(H,21,24)/t17-/m1/s1. The fourth-order valence-electron chi connectivity index (χ4n) is 3.12. The molecule has 2 amide bonds. The number of benzene rings is 1. The number of hydrogen-bond acceptors (Lipinski definition) is 3. The van der Waals surface area contributed by atoms with Crippen LogP contribution >= 0.6 is 0 Å². The molecule has 1 aliphatic rings. The number of carbonyl (C=O) groups is 2. The summed E-state index contributed by atoms with van der Waals surface area (Å²) in [5.74, 6) is -0.626. The van der Waals surface area contributed by atoms with Crippen LogP contribution in [-0.4, -0.2) is 42.4 Å². The molecule has 0 unspecified atom stereocenters. The lowest BCUT2D eigenvalue weighted by Gasteiger charge is -2.22. The average molecular weight is 331 g/mol. The smallest absolute Gasteiger partial charge is 0.309 e. The van der Waals surface area contributed by atoms with E-state index in [0.717, 1.165) is 31.5 Å². The fourth-order valence-corrected chi connectivity index (χ4v) is 3.12. The summed E-state index contributed by atoms with van der Waals surface area (Å²) >= 11 is 0. The van der Waals surface area contributed by atoms with Gasteiger partial charge in [0.15, 0.2) is 0 Å². The number of amides is 2. The van der Waals surface area contributed by atoms with Gasteiger partial charge < -0.3 is 10.6 Å². The van der Waals surface area contributed by atoms with Crippen molar-refractivity contribution in [2.75, 3.05) is 19.6 Å². The number of likely N-dealkylation sites (N-methyl/N-ethyl adjacent to an activating group) is 1. The molecule has 0 saturated carbocycles. The Bertz CT molecular complexity index is 554. The summed E-state index contributed by atoms with van der Waals surface area (Å²) in [5.41, 5.74) is 2.26. The quantitative estimate of drug-likeness (QED) is 0.784. The van der Waals surface area contributed by atoms with Crippen LogP contribution < -0.4 is 10.6 Å². The van der Waals surface area contributed by atoms with Crippen molar-refractivity contribution in [3.8, 4) is 0 Å². The Morgan fingerprint density at radius 3 is 2.46 bits per heavy atom. The second-order valence-electron chi connectivity index (χ2n) is 6.71. The minimum Gasteiger partial charge on any atom is -0.346 e. The van der Waals surface area contributed by atoms with E-state index >= 15 is 0 Å². The number of hydrogen-bond donors (Lipinski definition) is 2. The molecule has 1 aromatic rings. The number of rotatable bonds is 6. The molecule has 0 bridgehead atoms. The number of nitrogens with zero attached hydrogens (tertiary/aromatic N) is 1. The second-order valence-corrected chi connectivity index (χ2v) is 6.71. The van der Waals surface area contributed by atoms with Crippen LogP contribution in [0.25, 0.3) is 0 Å². The zero-order chi connectivity index (χ0) is 17.5. The Morgan fingerprint density at radius 1 is 1.17 bits per heavy atom. The third kappa shape index (κ3) is 5.06. The molecule has 5 nitrogen and oxygen atoms in total. The molecule has 1 aromatic carbocycles. The molecule has 5 heteroatoms. The summed E-state index contributed by atoms with van der Waals surface area (Å²) < 4.78 is 0. The summed E-state index contributed by atoms with van der Waals surface area (Å²) in [4.78, 5) is 26.2. The third-order valence-electron chi connectivity index (χ3n) is 4.71. The van der Waals surface area contributed by atoms with E-state index in [1.54, 1.807) is 0 Å². The van der Waals surface area contributed by atoms with Crippen molar-refractivity contribution in [3.05, 3.63) is 35.4 Å². The van der Waals surface area contributed by atoms with E-state index in [0.29, 0.717) is 25.0 Å². The van der Waals surface area contributed by atoms with Crippen molar-refractivity contribution in [1.29, 1.82) is 0 Å². The highest BCUT2D eigenvalue weighted by atomic mass is 16.2. The summed E-state index contributed by atoms with van der Waals surface area (Å²) in [6.45, 7) is 9.39. The molecule has 1 atom stereocenters. The lowest BCUT2D eigenvalue weighted by molar-refractivity contribution is -0.139. The summed E-state index contributed by atoms with van der Waals surface area (Å²) in [5, 5.41) is 5.44. The van der Waals surface area contributed by atoms with Crippen LogP contribution in [0, 0.1) is 0 Å². The van der Waals surface area contributed by atoms with Crippen LogP contribution in [-0.2, 0) is 16.1 Å². The highest BCUT2D eigenvalue weighted by Gasteiger charge is 2.24. The maximum absolute atomic E-state index is 11.9. The topological polar surface area (TPSA) is 61.4 Å². The first-order chi connectivity index (χ1) is 11.5. The van der Waals surface area contributed by atoms with Gasteiger partial charge in [-0.05, 0) is 43.0 Å². The average Bonchev–Trinajstić information content (AvgIpc) is 3.05. The van der Waals surface area contributed by atoms with E-state index in [1.165, 1.54) is 5.56 Å². The van der Waals surface area contributed by atoms with Gasteiger partial charge in [0.2, 0.25) is 0 Å². The predicted molar refractivity (Wildman–Crippen MR) is 95.7 cm³/mol. The molecular formula is C19H29N3O2. The van der Waals surface area contributed by atoms with Crippen LogP contribution in [0.2, 0.25) is 0 Å². The molecule has 2 rings (SSSR count). The van der Waals surface area contributed by atoms with Gasteiger partial charge in [0, 0.05) is 19.1 Å². The Hall–Kier alpha value is -1.88. The Kier molecular flexibility index (Phi) is 6.79. The minimum atomic E-state index is -0.566.